The van der Waals surface area contributed by atoms with Gasteiger partial charge in [0, 0.05) is 11.5 Å². The Morgan fingerprint density at radius 2 is 1.12 bits per heavy atom. The number of aromatic nitrogens is 1. The van der Waals surface area contributed by atoms with Gasteiger partial charge in [-0.15, -0.1) is 0 Å². The first-order valence-electron chi connectivity index (χ1n) is 7.58. The lowest BCUT2D eigenvalue weighted by Gasteiger charge is -2.13. The van der Waals surface area contributed by atoms with Crippen LogP contribution in [-0.2, 0) is 0 Å². The molecule has 3 rings (SSSR count). The molecule has 0 atom stereocenters. The first-order valence-corrected chi connectivity index (χ1v) is 7.58. The standard InChI is InChI=1S/C18H21NO6/c1-20-10-8-12(22-3)16(23-4)15-13(10)9-7-11(21-2)17(24-5)18(25-6)14(9)19-15/h7-8,19H,1-6H3. The molecule has 1 heterocycles. The third-order valence-electron chi connectivity index (χ3n) is 4.20. The topological polar surface area (TPSA) is 71.2 Å². The fraction of sp³-hybridized carbons (Fsp3) is 0.333. The molecular weight excluding hydrogens is 326 g/mol. The van der Waals surface area contributed by atoms with Crippen LogP contribution < -0.4 is 28.4 Å². The minimum absolute atomic E-state index is 0.508. The molecule has 0 aliphatic rings. The average Bonchev–Trinajstić information content (AvgIpc) is 3.03. The number of methoxy groups -OCH3 is 6. The molecule has 2 aromatic carbocycles. The van der Waals surface area contributed by atoms with E-state index in [4.69, 9.17) is 28.4 Å². The zero-order valence-corrected chi connectivity index (χ0v) is 15.1. The van der Waals surface area contributed by atoms with E-state index in [0.29, 0.717) is 34.5 Å². The van der Waals surface area contributed by atoms with Gasteiger partial charge in [-0.05, 0) is 6.07 Å². The van der Waals surface area contributed by atoms with Crippen molar-refractivity contribution in [3.05, 3.63) is 12.1 Å². The number of rotatable bonds is 6. The number of fused-ring (bicyclic) bond motifs is 3. The fourth-order valence-corrected chi connectivity index (χ4v) is 3.12. The van der Waals surface area contributed by atoms with E-state index in [2.05, 4.69) is 4.98 Å². The number of hydrogen-bond acceptors (Lipinski definition) is 6. The third-order valence-corrected chi connectivity index (χ3v) is 4.20. The van der Waals surface area contributed by atoms with E-state index in [9.17, 15) is 0 Å². The summed E-state index contributed by atoms with van der Waals surface area (Å²) < 4.78 is 33.0. The third kappa shape index (κ3) is 2.34. The monoisotopic (exact) mass is 347 g/mol. The maximum absolute atomic E-state index is 5.58. The second kappa shape index (κ2) is 6.51. The maximum Gasteiger partial charge on any atom is 0.205 e. The van der Waals surface area contributed by atoms with Crippen molar-refractivity contribution in [3.8, 4) is 34.5 Å². The summed E-state index contributed by atoms with van der Waals surface area (Å²) in [7, 11) is 9.51. The number of ether oxygens (including phenoxy) is 6. The van der Waals surface area contributed by atoms with Gasteiger partial charge in [-0.2, -0.15) is 0 Å². The molecule has 0 amide bonds. The van der Waals surface area contributed by atoms with E-state index in [1.807, 2.05) is 6.07 Å². The van der Waals surface area contributed by atoms with E-state index in [0.717, 1.165) is 21.8 Å². The van der Waals surface area contributed by atoms with Gasteiger partial charge >= 0.3 is 0 Å². The van der Waals surface area contributed by atoms with Crippen LogP contribution in [0.15, 0.2) is 12.1 Å². The Labute approximate surface area is 145 Å². The van der Waals surface area contributed by atoms with Crippen LogP contribution in [0.3, 0.4) is 0 Å². The molecule has 0 saturated heterocycles. The van der Waals surface area contributed by atoms with Gasteiger partial charge in [0.2, 0.25) is 5.75 Å². The summed E-state index contributed by atoms with van der Waals surface area (Å²) in [6.45, 7) is 0. The van der Waals surface area contributed by atoms with Crippen LogP contribution in [-0.4, -0.2) is 47.6 Å². The van der Waals surface area contributed by atoms with Crippen LogP contribution in [0.1, 0.15) is 0 Å². The Kier molecular flexibility index (Phi) is 4.39. The molecule has 0 bridgehead atoms. The summed E-state index contributed by atoms with van der Waals surface area (Å²) in [5, 5.41) is 1.71. The number of H-pyrrole nitrogens is 1. The van der Waals surface area contributed by atoms with Crippen molar-refractivity contribution < 1.29 is 28.4 Å². The molecule has 134 valence electrons. The Balaban J connectivity index is 2.56. The first-order chi connectivity index (χ1) is 12.1. The van der Waals surface area contributed by atoms with Crippen molar-refractivity contribution in [2.45, 2.75) is 0 Å². The highest BCUT2D eigenvalue weighted by Crippen LogP contribution is 2.50. The molecule has 1 aromatic heterocycles. The summed E-state index contributed by atoms with van der Waals surface area (Å²) in [6.07, 6.45) is 0. The lowest BCUT2D eigenvalue weighted by Crippen LogP contribution is -1.95. The Morgan fingerprint density at radius 3 is 1.64 bits per heavy atom. The van der Waals surface area contributed by atoms with Crippen LogP contribution in [0.25, 0.3) is 21.8 Å². The molecule has 0 aliphatic heterocycles. The van der Waals surface area contributed by atoms with Gasteiger partial charge in [-0.25, -0.2) is 0 Å². The second-order valence-electron chi connectivity index (χ2n) is 5.26. The summed E-state index contributed by atoms with van der Waals surface area (Å²) in [5.41, 5.74) is 1.49. The highest BCUT2D eigenvalue weighted by Gasteiger charge is 2.24. The molecule has 25 heavy (non-hydrogen) atoms. The van der Waals surface area contributed by atoms with Crippen LogP contribution in [0.4, 0.5) is 0 Å². The van der Waals surface area contributed by atoms with Gasteiger partial charge in [0.15, 0.2) is 23.0 Å². The van der Waals surface area contributed by atoms with E-state index >= 15 is 0 Å². The highest BCUT2D eigenvalue weighted by atomic mass is 16.5. The van der Waals surface area contributed by atoms with Gasteiger partial charge in [0.25, 0.3) is 0 Å². The first kappa shape index (κ1) is 16.9. The van der Waals surface area contributed by atoms with Crippen LogP contribution in [0.5, 0.6) is 34.5 Å². The van der Waals surface area contributed by atoms with Gasteiger partial charge in [-0.3, -0.25) is 0 Å². The van der Waals surface area contributed by atoms with Gasteiger partial charge in [0.1, 0.15) is 5.75 Å². The van der Waals surface area contributed by atoms with Gasteiger partial charge in [0.05, 0.1) is 59.1 Å². The molecule has 0 fully saturated rings. The van der Waals surface area contributed by atoms with Crippen molar-refractivity contribution >= 4 is 21.8 Å². The van der Waals surface area contributed by atoms with Crippen LogP contribution in [0.2, 0.25) is 0 Å². The van der Waals surface area contributed by atoms with E-state index in [1.54, 1.807) is 48.7 Å². The average molecular weight is 347 g/mol. The molecule has 7 nitrogen and oxygen atoms in total. The predicted molar refractivity (Wildman–Crippen MR) is 95.1 cm³/mol. The number of nitrogens with one attached hydrogen (secondary N) is 1. The molecule has 0 aliphatic carbocycles. The quantitative estimate of drug-likeness (QED) is 0.737. The van der Waals surface area contributed by atoms with E-state index in [1.165, 1.54) is 0 Å². The zero-order chi connectivity index (χ0) is 18.1. The summed E-state index contributed by atoms with van der Waals surface area (Å²) in [6, 6.07) is 3.67. The molecule has 7 heteroatoms. The van der Waals surface area contributed by atoms with Crippen molar-refractivity contribution in [2.75, 3.05) is 42.7 Å². The second-order valence-corrected chi connectivity index (χ2v) is 5.26. The Hall–Kier alpha value is -2.96. The summed E-state index contributed by atoms with van der Waals surface area (Å²) in [5.74, 6) is 3.40. The maximum atomic E-state index is 5.58. The SMILES string of the molecule is COc1cc2c([nH]c3c(OC)c(OC)cc(OC)c32)c(OC)c1OC. The van der Waals surface area contributed by atoms with E-state index < -0.39 is 0 Å². The predicted octanol–water partition coefficient (Wildman–Crippen LogP) is 3.37. The molecule has 3 aromatic rings. The smallest absolute Gasteiger partial charge is 0.205 e. The summed E-state index contributed by atoms with van der Waals surface area (Å²) >= 11 is 0. The lowest BCUT2D eigenvalue weighted by atomic mass is 10.1. The largest absolute Gasteiger partial charge is 0.496 e. The fourth-order valence-electron chi connectivity index (χ4n) is 3.12. The molecule has 1 N–H and O–H groups in total. The summed E-state index contributed by atoms with van der Waals surface area (Å²) in [4.78, 5) is 3.35. The van der Waals surface area contributed by atoms with Crippen molar-refractivity contribution in [1.82, 2.24) is 4.98 Å². The number of aromatic amines is 1. The number of benzene rings is 2. The Morgan fingerprint density at radius 1 is 0.560 bits per heavy atom. The van der Waals surface area contributed by atoms with Crippen LogP contribution in [0, 0.1) is 0 Å². The molecule has 0 radical (unpaired) electrons. The van der Waals surface area contributed by atoms with Crippen molar-refractivity contribution in [2.24, 2.45) is 0 Å². The van der Waals surface area contributed by atoms with Gasteiger partial charge < -0.3 is 33.4 Å². The van der Waals surface area contributed by atoms with Gasteiger partial charge in [-0.1, -0.05) is 0 Å². The van der Waals surface area contributed by atoms with Crippen molar-refractivity contribution in [3.63, 3.8) is 0 Å². The molecule has 0 saturated carbocycles. The van der Waals surface area contributed by atoms with E-state index in [-0.39, 0.29) is 0 Å². The normalized spacial score (nSPS) is 10.8. The number of hydrogen-bond donors (Lipinski definition) is 1. The zero-order valence-electron chi connectivity index (χ0n) is 15.1. The lowest BCUT2D eigenvalue weighted by molar-refractivity contribution is 0.327. The minimum Gasteiger partial charge on any atom is -0.496 e. The van der Waals surface area contributed by atoms with Crippen molar-refractivity contribution in [1.29, 1.82) is 0 Å². The molecular formula is C18H21NO6. The minimum atomic E-state index is 0.508. The van der Waals surface area contributed by atoms with Crippen LogP contribution >= 0.6 is 0 Å². The highest BCUT2D eigenvalue weighted by molar-refractivity contribution is 6.15. The molecule has 0 unspecified atom stereocenters. The molecule has 0 spiro atoms. The Bertz CT molecular complexity index is 931.